The van der Waals surface area contributed by atoms with Gasteiger partial charge in [-0.3, -0.25) is 4.79 Å². The van der Waals surface area contributed by atoms with E-state index in [1.165, 1.54) is 36.5 Å². The second-order valence-electron chi connectivity index (χ2n) is 9.59. The van der Waals surface area contributed by atoms with Gasteiger partial charge in [0.2, 0.25) is 15.9 Å². The fourth-order valence-electron chi connectivity index (χ4n) is 4.79. The molecule has 1 aliphatic rings. The molecule has 0 N–H and O–H groups in total. The summed E-state index contributed by atoms with van der Waals surface area (Å²) in [5.74, 6) is -2.67. The predicted molar refractivity (Wildman–Crippen MR) is 126 cm³/mol. The number of carbonyl (C=O) groups excluding carboxylic acids is 1. The quantitative estimate of drug-likeness (QED) is 0.432. The first-order valence-electron chi connectivity index (χ1n) is 11.6. The van der Waals surface area contributed by atoms with Crippen LogP contribution in [-0.2, 0) is 27.2 Å². The molecular weight excluding hydrogens is 541 g/mol. The third-order valence-electron chi connectivity index (χ3n) is 7.01. The lowest BCUT2D eigenvalue weighted by Gasteiger charge is -2.40. The normalized spacial score (nSPS) is 20.3. The Hall–Kier alpha value is -2.67. The molecule has 3 atom stereocenters. The average Bonchev–Trinajstić information content (AvgIpc) is 2.80. The van der Waals surface area contributed by atoms with Crippen molar-refractivity contribution in [3.63, 3.8) is 0 Å². The van der Waals surface area contributed by atoms with Gasteiger partial charge in [0.05, 0.1) is 23.4 Å². The second kappa shape index (κ2) is 10.5. The Labute approximate surface area is 216 Å². The molecule has 210 valence electrons. The van der Waals surface area contributed by atoms with Gasteiger partial charge in [-0.25, -0.2) is 17.1 Å². The van der Waals surface area contributed by atoms with Crippen molar-refractivity contribution >= 4 is 15.9 Å². The van der Waals surface area contributed by atoms with Gasteiger partial charge in [-0.2, -0.15) is 26.3 Å². The van der Waals surface area contributed by atoms with Gasteiger partial charge in [0.15, 0.2) is 0 Å². The van der Waals surface area contributed by atoms with E-state index < -0.39 is 63.1 Å². The van der Waals surface area contributed by atoms with E-state index in [0.29, 0.717) is 23.3 Å². The van der Waals surface area contributed by atoms with Gasteiger partial charge < -0.3 is 4.90 Å². The maximum atomic E-state index is 13.7. The maximum Gasteiger partial charge on any atom is 0.416 e. The molecule has 1 heterocycles. The zero-order chi connectivity index (χ0) is 28.8. The molecule has 1 aliphatic heterocycles. The van der Waals surface area contributed by atoms with Crippen LogP contribution in [0.3, 0.4) is 0 Å². The zero-order valence-corrected chi connectivity index (χ0v) is 21.8. The van der Waals surface area contributed by atoms with Crippen LogP contribution in [0.1, 0.15) is 53.1 Å². The summed E-state index contributed by atoms with van der Waals surface area (Å²) in [5.41, 5.74) is -2.33. The van der Waals surface area contributed by atoms with E-state index in [2.05, 4.69) is 0 Å². The Balaban J connectivity index is 2.00. The average molecular weight is 569 g/mol. The van der Waals surface area contributed by atoms with Crippen molar-refractivity contribution in [1.82, 2.24) is 9.21 Å². The Morgan fingerprint density at radius 2 is 1.58 bits per heavy atom. The summed E-state index contributed by atoms with van der Waals surface area (Å²) >= 11 is 0. The highest BCUT2D eigenvalue weighted by molar-refractivity contribution is 7.88. The number of sulfonamides is 1. The van der Waals surface area contributed by atoms with E-state index >= 15 is 0 Å². The second-order valence-corrected chi connectivity index (χ2v) is 11.6. The summed E-state index contributed by atoms with van der Waals surface area (Å²) in [6.07, 6.45) is -9.01. The van der Waals surface area contributed by atoms with Crippen molar-refractivity contribution in [2.24, 2.45) is 5.92 Å². The van der Waals surface area contributed by atoms with Crippen molar-refractivity contribution in [3.8, 4) is 0 Å². The summed E-state index contributed by atoms with van der Waals surface area (Å²) in [5, 5.41) is 0. The van der Waals surface area contributed by atoms with Gasteiger partial charge in [0.25, 0.3) is 0 Å². The monoisotopic (exact) mass is 568 g/mol. The largest absolute Gasteiger partial charge is 0.416 e. The number of alkyl halides is 6. The molecule has 38 heavy (non-hydrogen) atoms. The lowest BCUT2D eigenvalue weighted by molar-refractivity contribution is -0.143. The smallest absolute Gasteiger partial charge is 0.339 e. The number of nitrogens with zero attached hydrogens (tertiary/aromatic N) is 2. The third-order valence-corrected chi connectivity index (χ3v) is 8.28. The molecule has 2 aromatic rings. The van der Waals surface area contributed by atoms with Crippen LogP contribution < -0.4 is 0 Å². The van der Waals surface area contributed by atoms with Crippen LogP contribution in [0.4, 0.5) is 30.7 Å². The predicted octanol–water partition coefficient (Wildman–Crippen LogP) is 5.76. The highest BCUT2D eigenvalue weighted by atomic mass is 32.2. The maximum absolute atomic E-state index is 13.7. The summed E-state index contributed by atoms with van der Waals surface area (Å²) in [6, 6.07) is 3.88. The number of aryl methyl sites for hydroxylation is 1. The van der Waals surface area contributed by atoms with Crippen molar-refractivity contribution in [2.45, 2.75) is 44.6 Å². The molecule has 0 saturated carbocycles. The topological polar surface area (TPSA) is 57.7 Å². The molecule has 3 rings (SSSR count). The number of hydrogen-bond acceptors (Lipinski definition) is 3. The minimum absolute atomic E-state index is 0.00398. The molecule has 0 bridgehead atoms. The van der Waals surface area contributed by atoms with Crippen molar-refractivity contribution in [2.75, 3.05) is 26.4 Å². The molecular formula is C25H27F7N2O3S. The number of carbonyl (C=O) groups is 1. The summed E-state index contributed by atoms with van der Waals surface area (Å²) in [7, 11) is -2.36. The SMILES string of the molecule is Cc1cc(F)ccc1[C@H]1CN(S(C)(=O)=O)CC[C@@H]1C(=O)N(C)[C@@H](C)c1cc(C(F)(F)F)cc(C(F)(F)F)c1. The Kier molecular flexibility index (Phi) is 8.24. The van der Waals surface area contributed by atoms with Crippen LogP contribution in [0.2, 0.25) is 0 Å². The van der Waals surface area contributed by atoms with Gasteiger partial charge >= 0.3 is 12.4 Å². The molecule has 0 radical (unpaired) electrons. The number of rotatable bonds is 5. The summed E-state index contributed by atoms with van der Waals surface area (Å²) < 4.78 is 120. The van der Waals surface area contributed by atoms with Crippen LogP contribution in [0.5, 0.6) is 0 Å². The lowest BCUT2D eigenvalue weighted by Crippen LogP contribution is -2.48. The standard InChI is InChI=1S/C25H27F7N2O3S/c1-14-9-19(26)5-6-20(14)22-13-34(38(4,36)37)8-7-21(22)23(35)33(3)15(2)16-10-17(24(27,28)29)12-18(11-16)25(30,31)32/h5-6,9-12,15,21-22H,7-8,13H2,1-4H3/t15-,21-,22+/m0/s1. The van der Waals surface area contributed by atoms with Crippen LogP contribution in [0, 0.1) is 18.7 Å². The Bertz CT molecular complexity index is 1280. The summed E-state index contributed by atoms with van der Waals surface area (Å²) in [6.45, 7) is 2.83. The molecule has 0 spiro atoms. The Morgan fingerprint density at radius 1 is 1.03 bits per heavy atom. The van der Waals surface area contributed by atoms with Crippen LogP contribution in [-0.4, -0.2) is 49.9 Å². The number of halogens is 7. The molecule has 0 aliphatic carbocycles. The molecule has 0 aromatic heterocycles. The van der Waals surface area contributed by atoms with Gasteiger partial charge in [-0.05, 0) is 67.3 Å². The minimum Gasteiger partial charge on any atom is -0.339 e. The highest BCUT2D eigenvalue weighted by Crippen LogP contribution is 2.40. The fraction of sp³-hybridized carbons (Fsp3) is 0.480. The molecule has 1 saturated heterocycles. The first-order chi connectivity index (χ1) is 17.3. The van der Waals surface area contributed by atoms with E-state index in [0.717, 1.165) is 11.2 Å². The van der Waals surface area contributed by atoms with Gasteiger partial charge in [-0.15, -0.1) is 0 Å². The van der Waals surface area contributed by atoms with Crippen molar-refractivity contribution < 1.29 is 43.9 Å². The van der Waals surface area contributed by atoms with E-state index in [1.807, 2.05) is 0 Å². The highest BCUT2D eigenvalue weighted by Gasteiger charge is 2.41. The molecule has 1 fully saturated rings. The van der Waals surface area contributed by atoms with Crippen LogP contribution in [0.15, 0.2) is 36.4 Å². The first kappa shape index (κ1) is 29.9. The molecule has 5 nitrogen and oxygen atoms in total. The van der Waals surface area contributed by atoms with E-state index in [9.17, 15) is 43.9 Å². The van der Waals surface area contributed by atoms with Crippen molar-refractivity contribution in [3.05, 3.63) is 70.0 Å². The number of amides is 1. The van der Waals surface area contributed by atoms with E-state index in [-0.39, 0.29) is 31.1 Å². The summed E-state index contributed by atoms with van der Waals surface area (Å²) in [4.78, 5) is 14.7. The fourth-order valence-corrected chi connectivity index (χ4v) is 5.65. The lowest BCUT2D eigenvalue weighted by atomic mass is 9.78. The number of benzene rings is 2. The molecule has 1 amide bonds. The molecule has 0 unspecified atom stereocenters. The van der Waals surface area contributed by atoms with Crippen molar-refractivity contribution in [1.29, 1.82) is 0 Å². The first-order valence-corrected chi connectivity index (χ1v) is 13.4. The minimum atomic E-state index is -5.04. The van der Waals surface area contributed by atoms with Gasteiger partial charge in [0, 0.05) is 32.0 Å². The molecule has 13 heteroatoms. The van der Waals surface area contributed by atoms with Gasteiger partial charge in [0.1, 0.15) is 5.82 Å². The van der Waals surface area contributed by atoms with E-state index in [1.54, 1.807) is 6.92 Å². The number of piperidine rings is 1. The Morgan fingerprint density at radius 3 is 2.05 bits per heavy atom. The number of hydrogen-bond donors (Lipinski definition) is 0. The third kappa shape index (κ3) is 6.48. The molecule has 2 aromatic carbocycles. The van der Waals surface area contributed by atoms with E-state index in [4.69, 9.17) is 0 Å². The van der Waals surface area contributed by atoms with Gasteiger partial charge in [-0.1, -0.05) is 6.07 Å². The zero-order valence-electron chi connectivity index (χ0n) is 21.0. The van der Waals surface area contributed by atoms with Crippen LogP contribution >= 0.6 is 0 Å². The van der Waals surface area contributed by atoms with Crippen LogP contribution in [0.25, 0.3) is 0 Å².